The van der Waals surface area contributed by atoms with Crippen LogP contribution < -0.4 is 5.32 Å². The first-order chi connectivity index (χ1) is 11.3. The van der Waals surface area contributed by atoms with Gasteiger partial charge in [-0.05, 0) is 30.0 Å². The van der Waals surface area contributed by atoms with E-state index in [2.05, 4.69) is 20.6 Å². The molecule has 0 saturated carbocycles. The molecule has 0 aromatic carbocycles. The summed E-state index contributed by atoms with van der Waals surface area (Å²) < 4.78 is 6.92. The molecule has 1 fully saturated rings. The van der Waals surface area contributed by atoms with Crippen molar-refractivity contribution >= 4 is 22.9 Å². The first-order valence-corrected chi connectivity index (χ1v) is 8.35. The molecule has 1 N–H and O–H groups in total. The number of hydrogen-bond donors (Lipinski definition) is 1. The number of nitrogens with zero attached hydrogens (tertiary/aromatic N) is 4. The molecular formula is C15H15N5O2S. The van der Waals surface area contributed by atoms with Crippen molar-refractivity contribution < 1.29 is 9.53 Å². The van der Waals surface area contributed by atoms with Crippen LogP contribution in [0.4, 0.5) is 0 Å². The van der Waals surface area contributed by atoms with Gasteiger partial charge in [0.15, 0.2) is 11.5 Å². The van der Waals surface area contributed by atoms with E-state index in [9.17, 15) is 4.79 Å². The van der Waals surface area contributed by atoms with E-state index in [1.807, 2.05) is 29.0 Å². The second kappa shape index (κ2) is 6.05. The minimum atomic E-state index is -0.0662. The van der Waals surface area contributed by atoms with Crippen LogP contribution in [0.15, 0.2) is 29.0 Å². The molecule has 118 valence electrons. The van der Waals surface area contributed by atoms with Crippen molar-refractivity contribution in [3.05, 3.63) is 34.8 Å². The average molecular weight is 329 g/mol. The lowest BCUT2D eigenvalue weighted by atomic mass is 10.1. The highest BCUT2D eigenvalue weighted by Crippen LogP contribution is 2.20. The highest BCUT2D eigenvalue weighted by atomic mass is 32.1. The third-order valence-corrected chi connectivity index (χ3v) is 4.55. The van der Waals surface area contributed by atoms with Crippen LogP contribution in [0.3, 0.4) is 0 Å². The number of aromatic nitrogens is 4. The van der Waals surface area contributed by atoms with Gasteiger partial charge in [-0.15, -0.1) is 10.2 Å². The number of carbonyl (C=O) groups is 1. The van der Waals surface area contributed by atoms with Gasteiger partial charge < -0.3 is 10.1 Å². The number of rotatable bonds is 4. The van der Waals surface area contributed by atoms with Gasteiger partial charge in [-0.3, -0.25) is 4.79 Å². The number of carbonyl (C=O) groups excluding carboxylic acids is 1. The van der Waals surface area contributed by atoms with Gasteiger partial charge in [0.2, 0.25) is 5.91 Å². The smallest absolute Gasteiger partial charge is 0.225 e. The number of fused-ring (bicyclic) bond motifs is 1. The van der Waals surface area contributed by atoms with Crippen molar-refractivity contribution in [1.29, 1.82) is 0 Å². The van der Waals surface area contributed by atoms with E-state index in [0.717, 1.165) is 17.7 Å². The fourth-order valence-corrected chi connectivity index (χ4v) is 3.21. The Morgan fingerprint density at radius 3 is 3.13 bits per heavy atom. The zero-order chi connectivity index (χ0) is 15.6. The van der Waals surface area contributed by atoms with E-state index < -0.39 is 0 Å². The summed E-state index contributed by atoms with van der Waals surface area (Å²) >= 11 is 1.62. The van der Waals surface area contributed by atoms with Gasteiger partial charge >= 0.3 is 0 Å². The Hall–Kier alpha value is -2.32. The molecule has 4 heterocycles. The molecule has 7 nitrogen and oxygen atoms in total. The van der Waals surface area contributed by atoms with Crippen molar-refractivity contribution in [3.8, 4) is 11.3 Å². The molecule has 8 heteroatoms. The van der Waals surface area contributed by atoms with Crippen LogP contribution in [0.2, 0.25) is 0 Å². The molecule has 0 radical (unpaired) electrons. The fraction of sp³-hybridized carbons (Fsp3) is 0.333. The van der Waals surface area contributed by atoms with Crippen molar-refractivity contribution in [1.82, 2.24) is 25.1 Å². The Bertz CT molecular complexity index is 824. The summed E-state index contributed by atoms with van der Waals surface area (Å²) in [5.74, 6) is 0.543. The topological polar surface area (TPSA) is 81.4 Å². The summed E-state index contributed by atoms with van der Waals surface area (Å²) in [6.45, 7) is 1.45. The molecule has 3 aromatic heterocycles. The number of hydrogen-bond acceptors (Lipinski definition) is 6. The second-order valence-electron chi connectivity index (χ2n) is 5.40. The molecule has 4 rings (SSSR count). The SMILES string of the molecule is O=C(NCc1nnc2ccc(-c3ccsc3)nn12)[C@H]1CCOC1. The average Bonchev–Trinajstić information content (AvgIpc) is 3.33. The van der Waals surface area contributed by atoms with Crippen LogP contribution in [-0.2, 0) is 16.1 Å². The Morgan fingerprint density at radius 2 is 2.35 bits per heavy atom. The molecule has 0 spiro atoms. The van der Waals surface area contributed by atoms with E-state index in [-0.39, 0.29) is 11.8 Å². The predicted molar refractivity (Wildman–Crippen MR) is 84.9 cm³/mol. The van der Waals surface area contributed by atoms with Crippen LogP contribution >= 0.6 is 11.3 Å². The molecule has 1 saturated heterocycles. The van der Waals surface area contributed by atoms with Crippen molar-refractivity contribution in [3.63, 3.8) is 0 Å². The summed E-state index contributed by atoms with van der Waals surface area (Å²) in [5.41, 5.74) is 2.58. The minimum Gasteiger partial charge on any atom is -0.381 e. The zero-order valence-electron chi connectivity index (χ0n) is 12.3. The van der Waals surface area contributed by atoms with Gasteiger partial charge in [0.05, 0.1) is 24.8 Å². The molecular weight excluding hydrogens is 314 g/mol. The van der Waals surface area contributed by atoms with Crippen LogP contribution in [0, 0.1) is 5.92 Å². The Kier molecular flexibility index (Phi) is 3.76. The molecule has 23 heavy (non-hydrogen) atoms. The van der Waals surface area contributed by atoms with Gasteiger partial charge in [-0.1, -0.05) is 0 Å². The molecule has 3 aromatic rings. The normalized spacial score (nSPS) is 17.7. The third kappa shape index (κ3) is 2.82. The van der Waals surface area contributed by atoms with Gasteiger partial charge in [-0.2, -0.15) is 21.0 Å². The van der Waals surface area contributed by atoms with Crippen LogP contribution in [0.1, 0.15) is 12.2 Å². The van der Waals surface area contributed by atoms with E-state index in [0.29, 0.717) is 31.2 Å². The second-order valence-corrected chi connectivity index (χ2v) is 6.18. The number of thiophene rings is 1. The minimum absolute atomic E-state index is 0.00626. The predicted octanol–water partition coefficient (Wildman–Crippen LogP) is 1.51. The highest BCUT2D eigenvalue weighted by molar-refractivity contribution is 7.08. The summed E-state index contributed by atoms with van der Waals surface area (Å²) in [7, 11) is 0. The Morgan fingerprint density at radius 1 is 1.39 bits per heavy atom. The van der Waals surface area contributed by atoms with Crippen molar-refractivity contribution in [2.24, 2.45) is 5.92 Å². The lowest BCUT2D eigenvalue weighted by Crippen LogP contribution is -2.31. The maximum Gasteiger partial charge on any atom is 0.225 e. The molecule has 0 bridgehead atoms. The van der Waals surface area contributed by atoms with Gasteiger partial charge in [-0.25, -0.2) is 0 Å². The monoisotopic (exact) mass is 329 g/mol. The Balaban J connectivity index is 1.55. The van der Waals surface area contributed by atoms with Crippen LogP contribution in [-0.4, -0.2) is 38.9 Å². The lowest BCUT2D eigenvalue weighted by molar-refractivity contribution is -0.125. The van der Waals surface area contributed by atoms with Gasteiger partial charge in [0, 0.05) is 17.6 Å². The molecule has 1 atom stereocenters. The fourth-order valence-electron chi connectivity index (χ4n) is 2.56. The summed E-state index contributed by atoms with van der Waals surface area (Å²) in [4.78, 5) is 12.1. The summed E-state index contributed by atoms with van der Waals surface area (Å²) in [6, 6.07) is 5.82. The summed E-state index contributed by atoms with van der Waals surface area (Å²) in [6.07, 6.45) is 0.771. The standard InChI is InChI=1S/C15H15N5O2S/c21-15(10-3-5-22-8-10)16-7-14-18-17-13-2-1-12(19-20(13)14)11-4-6-23-9-11/h1-2,4,6,9-10H,3,5,7-8H2,(H,16,21)/t10-/m0/s1. The maximum absolute atomic E-state index is 12.1. The number of nitrogens with one attached hydrogen (secondary N) is 1. The van der Waals surface area contributed by atoms with E-state index in [1.54, 1.807) is 15.9 Å². The molecule has 1 aliphatic heterocycles. The van der Waals surface area contributed by atoms with Gasteiger partial charge in [0.1, 0.15) is 0 Å². The van der Waals surface area contributed by atoms with Crippen molar-refractivity contribution in [2.45, 2.75) is 13.0 Å². The van der Waals surface area contributed by atoms with E-state index >= 15 is 0 Å². The van der Waals surface area contributed by atoms with E-state index in [1.165, 1.54) is 0 Å². The quantitative estimate of drug-likeness (QED) is 0.784. The maximum atomic E-state index is 12.1. The van der Waals surface area contributed by atoms with Crippen molar-refractivity contribution in [2.75, 3.05) is 13.2 Å². The first-order valence-electron chi connectivity index (χ1n) is 7.40. The van der Waals surface area contributed by atoms with Crippen LogP contribution in [0.5, 0.6) is 0 Å². The molecule has 0 aliphatic carbocycles. The highest BCUT2D eigenvalue weighted by Gasteiger charge is 2.23. The number of ether oxygens (including phenoxy) is 1. The molecule has 1 amide bonds. The molecule has 0 unspecified atom stereocenters. The van der Waals surface area contributed by atoms with E-state index in [4.69, 9.17) is 4.74 Å². The largest absolute Gasteiger partial charge is 0.381 e. The third-order valence-electron chi connectivity index (χ3n) is 3.87. The van der Waals surface area contributed by atoms with Crippen LogP contribution in [0.25, 0.3) is 16.9 Å². The first kappa shape index (κ1) is 14.3. The lowest BCUT2D eigenvalue weighted by Gasteiger charge is -2.08. The zero-order valence-corrected chi connectivity index (χ0v) is 13.1. The Labute approximate surface area is 136 Å². The molecule has 1 aliphatic rings. The van der Waals surface area contributed by atoms with Gasteiger partial charge in [0.25, 0.3) is 0 Å². The number of amides is 1. The summed E-state index contributed by atoms with van der Waals surface area (Å²) in [5, 5.41) is 19.7.